The van der Waals surface area contributed by atoms with Crippen molar-refractivity contribution in [2.45, 2.75) is 25.9 Å². The molecule has 1 aromatic heterocycles. The SMILES string of the molecule is CCOC1C(C#N)=C(N)OC2=C1c1sc(=S)n(-c3ccccc3)c1CC2. The molecule has 0 saturated carbocycles. The van der Waals surface area contributed by atoms with E-state index in [2.05, 4.69) is 10.6 Å². The third-order valence-corrected chi connectivity index (χ3v) is 5.98. The van der Waals surface area contributed by atoms with Crippen LogP contribution in [0.1, 0.15) is 23.9 Å². The van der Waals surface area contributed by atoms with E-state index in [0.717, 1.165) is 38.0 Å². The summed E-state index contributed by atoms with van der Waals surface area (Å²) in [7, 11) is 0. The summed E-state index contributed by atoms with van der Waals surface area (Å²) >= 11 is 7.18. The number of para-hydroxylation sites is 1. The number of hydrogen-bond acceptors (Lipinski definition) is 6. The Labute approximate surface area is 160 Å². The van der Waals surface area contributed by atoms with E-state index in [4.69, 9.17) is 27.4 Å². The molecule has 26 heavy (non-hydrogen) atoms. The predicted octanol–water partition coefficient (Wildman–Crippen LogP) is 4.05. The summed E-state index contributed by atoms with van der Waals surface area (Å²) in [6, 6.07) is 12.2. The standard InChI is InChI=1S/C19H17N3O2S2/c1-2-23-16-12(10-20)18(21)24-14-9-8-13-17(15(14)16)26-19(25)22(13)11-6-4-3-5-7-11/h3-7,16H,2,8-9,21H2,1H3. The lowest BCUT2D eigenvalue weighted by Crippen LogP contribution is -2.29. The zero-order chi connectivity index (χ0) is 18.3. The average Bonchev–Trinajstić information content (AvgIpc) is 2.98. The van der Waals surface area contributed by atoms with E-state index in [0.29, 0.717) is 18.6 Å². The Kier molecular flexibility index (Phi) is 4.41. The maximum absolute atomic E-state index is 9.54. The van der Waals surface area contributed by atoms with E-state index in [1.165, 1.54) is 11.3 Å². The summed E-state index contributed by atoms with van der Waals surface area (Å²) in [4.78, 5) is 1.03. The smallest absolute Gasteiger partial charge is 0.207 e. The van der Waals surface area contributed by atoms with Crippen LogP contribution in [-0.2, 0) is 15.9 Å². The number of hydrogen-bond donors (Lipinski definition) is 1. The largest absolute Gasteiger partial charge is 0.444 e. The summed E-state index contributed by atoms with van der Waals surface area (Å²) in [5.74, 6) is 0.920. The number of fused-ring (bicyclic) bond motifs is 2. The van der Waals surface area contributed by atoms with Gasteiger partial charge >= 0.3 is 0 Å². The first-order valence-electron chi connectivity index (χ1n) is 8.38. The van der Waals surface area contributed by atoms with Crippen molar-refractivity contribution in [2.75, 3.05) is 6.61 Å². The maximum Gasteiger partial charge on any atom is 0.207 e. The van der Waals surface area contributed by atoms with E-state index < -0.39 is 6.10 Å². The zero-order valence-corrected chi connectivity index (χ0v) is 15.8. The Morgan fingerprint density at radius 3 is 2.85 bits per heavy atom. The monoisotopic (exact) mass is 383 g/mol. The van der Waals surface area contributed by atoms with Crippen molar-refractivity contribution in [2.24, 2.45) is 5.73 Å². The minimum atomic E-state index is -0.509. The van der Waals surface area contributed by atoms with Crippen LogP contribution in [0.5, 0.6) is 0 Å². The molecular weight excluding hydrogens is 366 g/mol. The highest BCUT2D eigenvalue weighted by atomic mass is 32.1. The molecule has 2 heterocycles. The van der Waals surface area contributed by atoms with Crippen molar-refractivity contribution >= 4 is 29.1 Å². The molecular formula is C19H17N3O2S2. The summed E-state index contributed by atoms with van der Waals surface area (Å²) < 4.78 is 14.6. The first-order chi connectivity index (χ1) is 12.7. The Morgan fingerprint density at radius 1 is 1.38 bits per heavy atom. The number of nitrogens with zero attached hydrogens (tertiary/aromatic N) is 2. The van der Waals surface area contributed by atoms with Gasteiger partial charge in [-0.15, -0.1) is 11.3 Å². The molecule has 4 rings (SSSR count). The quantitative estimate of drug-likeness (QED) is 0.810. The van der Waals surface area contributed by atoms with Gasteiger partial charge in [-0.2, -0.15) is 5.26 Å². The summed E-state index contributed by atoms with van der Waals surface area (Å²) in [6.45, 7) is 2.38. The molecule has 0 bridgehead atoms. The molecule has 2 aliphatic rings. The van der Waals surface area contributed by atoms with Gasteiger partial charge in [-0.05, 0) is 37.7 Å². The van der Waals surface area contributed by atoms with E-state index >= 15 is 0 Å². The average molecular weight is 383 g/mol. The molecule has 0 spiro atoms. The number of nitrogens with two attached hydrogens (primary N) is 1. The zero-order valence-electron chi connectivity index (χ0n) is 14.2. The Hall–Kier alpha value is -2.40. The summed E-state index contributed by atoms with van der Waals surface area (Å²) in [5.41, 5.74) is 9.35. The first-order valence-corrected chi connectivity index (χ1v) is 9.61. The van der Waals surface area contributed by atoms with Crippen LogP contribution in [0.4, 0.5) is 0 Å². The van der Waals surface area contributed by atoms with Crippen LogP contribution in [0, 0.1) is 15.3 Å². The highest BCUT2D eigenvalue weighted by Gasteiger charge is 2.38. The van der Waals surface area contributed by atoms with Gasteiger partial charge in [-0.25, -0.2) is 0 Å². The maximum atomic E-state index is 9.54. The Balaban J connectivity index is 1.90. The second kappa shape index (κ2) is 6.72. The van der Waals surface area contributed by atoms with Crippen LogP contribution in [0.2, 0.25) is 0 Å². The van der Waals surface area contributed by atoms with Gasteiger partial charge in [-0.3, -0.25) is 4.57 Å². The van der Waals surface area contributed by atoms with Crippen molar-refractivity contribution in [3.63, 3.8) is 0 Å². The van der Waals surface area contributed by atoms with Gasteiger partial charge in [0.15, 0.2) is 3.95 Å². The van der Waals surface area contributed by atoms with Crippen molar-refractivity contribution in [3.8, 4) is 11.8 Å². The lowest BCUT2D eigenvalue weighted by Gasteiger charge is -2.31. The Morgan fingerprint density at radius 2 is 2.15 bits per heavy atom. The van der Waals surface area contributed by atoms with Crippen molar-refractivity contribution in [1.29, 1.82) is 5.26 Å². The molecule has 2 aromatic rings. The fraction of sp³-hybridized carbons (Fsp3) is 0.263. The molecule has 0 amide bonds. The summed E-state index contributed by atoms with van der Waals surface area (Å²) in [6.07, 6.45) is 0.985. The van der Waals surface area contributed by atoms with Crippen LogP contribution >= 0.6 is 23.6 Å². The number of aromatic nitrogens is 1. The fourth-order valence-corrected chi connectivity index (χ4v) is 5.04. The molecule has 0 radical (unpaired) electrons. The molecule has 1 aromatic carbocycles. The summed E-state index contributed by atoms with van der Waals surface area (Å²) in [5, 5.41) is 9.54. The van der Waals surface area contributed by atoms with Crippen LogP contribution < -0.4 is 5.73 Å². The van der Waals surface area contributed by atoms with E-state index in [1.54, 1.807) is 0 Å². The molecule has 1 aliphatic carbocycles. The van der Waals surface area contributed by atoms with Gasteiger partial charge in [0.1, 0.15) is 23.5 Å². The van der Waals surface area contributed by atoms with E-state index in [9.17, 15) is 5.26 Å². The molecule has 1 aliphatic heterocycles. The normalized spacial score (nSPS) is 18.8. The number of ether oxygens (including phenoxy) is 2. The molecule has 0 saturated heterocycles. The van der Waals surface area contributed by atoms with Crippen LogP contribution in [0.15, 0.2) is 47.5 Å². The molecule has 132 valence electrons. The van der Waals surface area contributed by atoms with Gasteiger partial charge in [0, 0.05) is 30.0 Å². The minimum Gasteiger partial charge on any atom is -0.444 e. The minimum absolute atomic E-state index is 0.138. The van der Waals surface area contributed by atoms with Gasteiger partial charge < -0.3 is 15.2 Å². The number of nitriles is 1. The number of allylic oxidation sites excluding steroid dienone is 1. The van der Waals surface area contributed by atoms with Gasteiger partial charge in [0.05, 0.1) is 4.88 Å². The fourth-order valence-electron chi connectivity index (χ4n) is 3.45. The van der Waals surface area contributed by atoms with Crippen LogP contribution in [0.25, 0.3) is 11.3 Å². The van der Waals surface area contributed by atoms with Gasteiger partial charge in [0.25, 0.3) is 0 Å². The molecule has 0 fully saturated rings. The highest BCUT2D eigenvalue weighted by molar-refractivity contribution is 7.73. The molecule has 5 nitrogen and oxygen atoms in total. The predicted molar refractivity (Wildman–Crippen MR) is 103 cm³/mol. The van der Waals surface area contributed by atoms with Crippen molar-refractivity contribution in [1.82, 2.24) is 4.57 Å². The lowest BCUT2D eigenvalue weighted by molar-refractivity contribution is 0.114. The molecule has 1 atom stereocenters. The number of rotatable bonds is 3. The third-order valence-electron chi connectivity index (χ3n) is 4.53. The first kappa shape index (κ1) is 17.0. The molecule has 2 N–H and O–H groups in total. The Bertz CT molecular complexity index is 1030. The van der Waals surface area contributed by atoms with Crippen molar-refractivity contribution in [3.05, 3.63) is 62.1 Å². The van der Waals surface area contributed by atoms with Gasteiger partial charge in [0.2, 0.25) is 5.88 Å². The van der Waals surface area contributed by atoms with Crippen LogP contribution in [-0.4, -0.2) is 17.3 Å². The number of benzene rings is 1. The topological polar surface area (TPSA) is 73.2 Å². The molecule has 1 unspecified atom stereocenters. The number of thiazole rings is 1. The third kappa shape index (κ3) is 2.58. The second-order valence-corrected chi connectivity index (χ2v) is 7.62. The van der Waals surface area contributed by atoms with Crippen LogP contribution in [0.3, 0.4) is 0 Å². The van der Waals surface area contributed by atoms with Crippen molar-refractivity contribution < 1.29 is 9.47 Å². The lowest BCUT2D eigenvalue weighted by atomic mass is 9.90. The van der Waals surface area contributed by atoms with E-state index in [-0.39, 0.29) is 5.88 Å². The highest BCUT2D eigenvalue weighted by Crippen LogP contribution is 2.44. The second-order valence-electron chi connectivity index (χ2n) is 5.98. The van der Waals surface area contributed by atoms with Gasteiger partial charge in [-0.1, -0.05) is 18.2 Å². The molecule has 7 heteroatoms. The van der Waals surface area contributed by atoms with E-state index in [1.807, 2.05) is 37.3 Å².